The van der Waals surface area contributed by atoms with Gasteiger partial charge in [0.15, 0.2) is 17.7 Å². The molecule has 2 aromatic heterocycles. The first-order valence-electron chi connectivity index (χ1n) is 15.7. The van der Waals surface area contributed by atoms with Gasteiger partial charge in [-0.05, 0) is 6.92 Å². The number of nitrogens with two attached hydrogens (primary N) is 1. The Balaban J connectivity index is 0.00000136. The van der Waals surface area contributed by atoms with Gasteiger partial charge in [0.1, 0.15) is 36.3 Å². The molecule has 0 aliphatic carbocycles. The van der Waals surface area contributed by atoms with E-state index in [-0.39, 0.29) is 42.3 Å². The molecule has 0 spiro atoms. The van der Waals surface area contributed by atoms with E-state index in [0.717, 1.165) is 17.2 Å². The SMILES string of the molecule is CC(C)(COP(=O)(O)OP(=O)(O)OC[C@H]1O[C@@H](n2cnc3c(N)ncnc32)[C@H](O)[C@@H]1OP(=O)(O)O)C(O)C(=O)NCCC(=O)NCCS.CC(O)CC(=O)O. The summed E-state index contributed by atoms with van der Waals surface area (Å²) < 4.78 is 61.7. The molecular weight excluding hydrogens is 827 g/mol. The quantitative estimate of drug-likeness (QED) is 0.0514. The maximum atomic E-state index is 12.6. The van der Waals surface area contributed by atoms with Crippen molar-refractivity contribution in [3.63, 3.8) is 0 Å². The van der Waals surface area contributed by atoms with Crippen molar-refractivity contribution in [1.29, 1.82) is 0 Å². The number of phosphoric ester groups is 3. The van der Waals surface area contributed by atoms with Crippen molar-refractivity contribution in [3.8, 4) is 0 Å². The Morgan fingerprint density at radius 1 is 1.05 bits per heavy atom. The summed E-state index contributed by atoms with van der Waals surface area (Å²) in [5.41, 5.74) is 4.30. The Hall–Kier alpha value is -2.68. The average molecular weight is 872 g/mol. The van der Waals surface area contributed by atoms with Crippen LogP contribution in [0.25, 0.3) is 11.2 Å². The molecule has 0 aromatic carbocycles. The molecule has 8 atom stereocenters. The Morgan fingerprint density at radius 3 is 2.25 bits per heavy atom. The summed E-state index contributed by atoms with van der Waals surface area (Å²) in [7, 11) is -16.3. The summed E-state index contributed by atoms with van der Waals surface area (Å²) in [5.74, 6) is -1.91. The molecule has 30 heteroatoms. The molecule has 314 valence electrons. The molecule has 2 aromatic rings. The number of hydrogen-bond donors (Lipinski definition) is 12. The minimum absolute atomic E-state index is 0.0363. The predicted octanol–water partition coefficient (Wildman–Crippen LogP) is -1.82. The van der Waals surface area contributed by atoms with Crippen LogP contribution in [0.2, 0.25) is 0 Å². The van der Waals surface area contributed by atoms with Gasteiger partial charge in [-0.25, -0.2) is 28.6 Å². The minimum Gasteiger partial charge on any atom is -0.481 e. The second-order valence-corrected chi connectivity index (χ2v) is 16.9. The van der Waals surface area contributed by atoms with Crippen LogP contribution in [-0.4, -0.2) is 140 Å². The topological polar surface area (TPSA) is 404 Å². The molecule has 3 rings (SSSR count). The van der Waals surface area contributed by atoms with Gasteiger partial charge in [0.05, 0.1) is 32.1 Å². The Kier molecular flexibility index (Phi) is 18.2. The molecule has 12 N–H and O–H groups in total. The number of anilines is 1. The van der Waals surface area contributed by atoms with E-state index in [4.69, 9.17) is 29.7 Å². The van der Waals surface area contributed by atoms with Gasteiger partial charge in [0.2, 0.25) is 11.8 Å². The number of phosphoric acid groups is 3. The van der Waals surface area contributed by atoms with Crippen LogP contribution >= 0.6 is 36.1 Å². The van der Waals surface area contributed by atoms with Crippen LogP contribution in [-0.2, 0) is 50.7 Å². The van der Waals surface area contributed by atoms with E-state index < -0.39 is 90.7 Å². The number of nitrogens with one attached hydrogen (secondary N) is 2. The first-order chi connectivity index (χ1) is 25.3. The first kappa shape index (κ1) is 48.5. The van der Waals surface area contributed by atoms with Gasteiger partial charge < -0.3 is 61.1 Å². The Morgan fingerprint density at radius 2 is 1.69 bits per heavy atom. The molecule has 4 unspecified atom stereocenters. The maximum absolute atomic E-state index is 12.6. The lowest BCUT2D eigenvalue weighted by molar-refractivity contribution is -0.139. The highest BCUT2D eigenvalue weighted by molar-refractivity contribution is 7.80. The second kappa shape index (κ2) is 20.7. The van der Waals surface area contributed by atoms with Crippen molar-refractivity contribution < 1.29 is 90.7 Å². The summed E-state index contributed by atoms with van der Waals surface area (Å²) in [4.78, 5) is 84.3. The summed E-state index contributed by atoms with van der Waals surface area (Å²) in [6.07, 6.45) is -7.63. The third kappa shape index (κ3) is 16.0. The number of nitrogens with zero attached hydrogens (tertiary/aromatic N) is 4. The molecule has 1 saturated heterocycles. The van der Waals surface area contributed by atoms with Crippen molar-refractivity contribution in [1.82, 2.24) is 30.2 Å². The molecule has 1 aliphatic rings. The molecular formula is C25H44N7O19P3S. The largest absolute Gasteiger partial charge is 0.481 e. The van der Waals surface area contributed by atoms with E-state index >= 15 is 0 Å². The number of carboxylic acid groups (broad SMARTS) is 1. The highest BCUT2D eigenvalue weighted by Gasteiger charge is 2.50. The summed E-state index contributed by atoms with van der Waals surface area (Å²) >= 11 is 3.95. The lowest BCUT2D eigenvalue weighted by Crippen LogP contribution is -2.46. The number of hydrogen-bond acceptors (Lipinski definition) is 19. The molecule has 3 heterocycles. The smallest absolute Gasteiger partial charge is 0.481 e. The Bertz CT molecular complexity index is 1760. The van der Waals surface area contributed by atoms with E-state index in [1.165, 1.54) is 20.8 Å². The van der Waals surface area contributed by atoms with E-state index in [2.05, 4.69) is 47.0 Å². The minimum atomic E-state index is -5.54. The lowest BCUT2D eigenvalue weighted by Gasteiger charge is -2.30. The van der Waals surface area contributed by atoms with Crippen LogP contribution in [0, 0.1) is 5.41 Å². The third-order valence-electron chi connectivity index (χ3n) is 6.98. The summed E-state index contributed by atoms with van der Waals surface area (Å²) in [6.45, 7) is 2.16. The molecule has 1 fully saturated rings. The van der Waals surface area contributed by atoms with Crippen LogP contribution < -0.4 is 16.4 Å². The maximum Gasteiger partial charge on any atom is 0.481 e. The average Bonchev–Trinajstić information content (AvgIpc) is 3.61. The van der Waals surface area contributed by atoms with E-state index in [1.54, 1.807) is 0 Å². The number of aliphatic hydroxyl groups excluding tert-OH is 3. The predicted molar refractivity (Wildman–Crippen MR) is 187 cm³/mol. The molecule has 0 saturated carbocycles. The molecule has 0 bridgehead atoms. The van der Waals surface area contributed by atoms with Gasteiger partial charge in [-0.3, -0.25) is 32.5 Å². The Labute approximate surface area is 317 Å². The zero-order valence-corrected chi connectivity index (χ0v) is 32.9. The van der Waals surface area contributed by atoms with Gasteiger partial charge in [-0.1, -0.05) is 13.8 Å². The number of ether oxygens (including phenoxy) is 1. The van der Waals surface area contributed by atoms with Crippen molar-refractivity contribution in [3.05, 3.63) is 12.7 Å². The molecule has 26 nitrogen and oxygen atoms in total. The van der Waals surface area contributed by atoms with Gasteiger partial charge in [0.25, 0.3) is 0 Å². The molecule has 0 radical (unpaired) electrons. The zero-order chi connectivity index (χ0) is 41.9. The fourth-order valence-electron chi connectivity index (χ4n) is 4.39. The van der Waals surface area contributed by atoms with Crippen molar-refractivity contribution in [2.24, 2.45) is 5.41 Å². The number of imidazole rings is 1. The lowest BCUT2D eigenvalue weighted by atomic mass is 9.87. The summed E-state index contributed by atoms with van der Waals surface area (Å²) in [5, 5.41) is 42.4. The van der Waals surface area contributed by atoms with E-state index in [0.29, 0.717) is 12.3 Å². The van der Waals surface area contributed by atoms with Crippen LogP contribution in [0.5, 0.6) is 0 Å². The van der Waals surface area contributed by atoms with Gasteiger partial charge in [-0.15, -0.1) is 0 Å². The number of aliphatic carboxylic acids is 1. The number of fused-ring (bicyclic) bond motifs is 1. The summed E-state index contributed by atoms with van der Waals surface area (Å²) in [6, 6.07) is 0. The number of aromatic nitrogens is 4. The number of nitrogen functional groups attached to an aromatic ring is 1. The van der Waals surface area contributed by atoms with Crippen LogP contribution in [0.15, 0.2) is 12.7 Å². The second-order valence-electron chi connectivity index (χ2n) is 12.2. The van der Waals surface area contributed by atoms with Crippen LogP contribution in [0.4, 0.5) is 5.82 Å². The van der Waals surface area contributed by atoms with E-state index in [9.17, 15) is 57.9 Å². The van der Waals surface area contributed by atoms with Crippen LogP contribution in [0.1, 0.15) is 39.8 Å². The highest BCUT2D eigenvalue weighted by atomic mass is 32.1. The number of rotatable bonds is 20. The molecule has 1 aliphatic heterocycles. The van der Waals surface area contributed by atoms with E-state index in [1.807, 2.05) is 0 Å². The van der Waals surface area contributed by atoms with Crippen LogP contribution in [0.3, 0.4) is 0 Å². The van der Waals surface area contributed by atoms with Gasteiger partial charge in [0, 0.05) is 30.7 Å². The number of aliphatic hydroxyl groups is 3. The van der Waals surface area contributed by atoms with Gasteiger partial charge >= 0.3 is 29.4 Å². The molecule has 55 heavy (non-hydrogen) atoms. The van der Waals surface area contributed by atoms with Crippen molar-refractivity contribution >= 4 is 70.9 Å². The fourth-order valence-corrected chi connectivity index (χ4v) is 7.33. The number of carbonyl (C=O) groups excluding carboxylic acids is 2. The normalized spacial score (nSPS) is 22.1. The molecule has 2 amide bonds. The number of carboxylic acids is 1. The third-order valence-corrected chi connectivity index (χ3v) is 10.3. The monoisotopic (exact) mass is 871 g/mol. The van der Waals surface area contributed by atoms with Crippen molar-refractivity contribution in [2.45, 2.75) is 70.4 Å². The highest BCUT2D eigenvalue weighted by Crippen LogP contribution is 2.61. The standard InChI is InChI=1S/C21H36N7O16P3S.C4H8O3/c1-21(2,16(31)19(32)24-4-3-12(29)23-5-6-48)8-41-47(38,39)44-46(36,37)40-7-11-15(43-45(33,34)35)14(30)20(42-11)28-10-27-13-17(22)25-9-26-18(13)28;1-3(5)2-4(6)7/h9-11,14-16,20,30-31,48H,3-8H2,1-2H3,(H,23,29)(H,24,32)(H,36,37)(H,38,39)(H2,22,25,26)(H2,33,34,35);3,5H,2H2,1H3,(H,6,7)/t11-,14-,15-,16?,20-;/m1./s1. The zero-order valence-electron chi connectivity index (χ0n) is 29.3. The number of amides is 2. The van der Waals surface area contributed by atoms with Crippen molar-refractivity contribution in [2.75, 3.05) is 37.8 Å². The fraction of sp³-hybridized carbons (Fsp3) is 0.680. The number of thiol groups is 1. The van der Waals surface area contributed by atoms with Gasteiger partial charge in [-0.2, -0.15) is 16.9 Å². The number of carbonyl (C=O) groups is 3. The first-order valence-corrected chi connectivity index (χ1v) is 20.8.